The highest BCUT2D eigenvalue weighted by molar-refractivity contribution is 6.31. The van der Waals surface area contributed by atoms with Gasteiger partial charge >= 0.3 is 0 Å². The third-order valence-electron chi connectivity index (χ3n) is 5.63. The number of aryl methyl sites for hydroxylation is 1. The molecule has 1 unspecified atom stereocenters. The SMILES string of the molecule is Cc1nn(Cc2ccccc2Cl)c(C)c1C(=O)N1CCN(C(C#N)C(C)C)CC1. The number of piperazine rings is 1. The number of aromatic nitrogens is 2. The summed E-state index contributed by atoms with van der Waals surface area (Å²) in [6.07, 6.45) is 0. The Hall–Kier alpha value is -2.36. The Morgan fingerprint density at radius 3 is 2.45 bits per heavy atom. The Bertz CT molecular complexity index is 922. The number of hydrogen-bond donors (Lipinski definition) is 0. The van der Waals surface area contributed by atoms with Crippen LogP contribution < -0.4 is 0 Å². The van der Waals surface area contributed by atoms with Gasteiger partial charge in [-0.05, 0) is 31.4 Å². The van der Waals surface area contributed by atoms with Gasteiger partial charge in [0.2, 0.25) is 0 Å². The van der Waals surface area contributed by atoms with Gasteiger partial charge in [0, 0.05) is 36.9 Å². The number of rotatable bonds is 5. The summed E-state index contributed by atoms with van der Waals surface area (Å²) < 4.78 is 1.85. The minimum Gasteiger partial charge on any atom is -0.336 e. The van der Waals surface area contributed by atoms with E-state index in [9.17, 15) is 10.1 Å². The maximum atomic E-state index is 13.2. The van der Waals surface area contributed by atoms with Gasteiger partial charge in [0.25, 0.3) is 5.91 Å². The first kappa shape index (κ1) is 21.4. The number of carbonyl (C=O) groups excluding carboxylic acids is 1. The van der Waals surface area contributed by atoms with Crippen molar-refractivity contribution in [2.45, 2.75) is 40.3 Å². The summed E-state index contributed by atoms with van der Waals surface area (Å²) in [4.78, 5) is 17.3. The molecule has 2 heterocycles. The average Bonchev–Trinajstić information content (AvgIpc) is 2.97. The van der Waals surface area contributed by atoms with Gasteiger partial charge in [0.1, 0.15) is 6.04 Å². The lowest BCUT2D eigenvalue weighted by Gasteiger charge is -2.38. The molecule has 0 bridgehead atoms. The van der Waals surface area contributed by atoms with Crippen LogP contribution in [0.2, 0.25) is 5.02 Å². The summed E-state index contributed by atoms with van der Waals surface area (Å²) in [6, 6.07) is 9.97. The van der Waals surface area contributed by atoms with Crippen LogP contribution in [0.25, 0.3) is 0 Å². The lowest BCUT2D eigenvalue weighted by atomic mass is 10.0. The lowest BCUT2D eigenvalue weighted by Crippen LogP contribution is -2.53. The molecule has 0 spiro atoms. The molecular weight excluding hydrogens is 386 g/mol. The first-order valence-electron chi connectivity index (χ1n) is 10.0. The molecule has 1 aromatic heterocycles. The smallest absolute Gasteiger partial charge is 0.257 e. The summed E-state index contributed by atoms with van der Waals surface area (Å²) in [5.41, 5.74) is 3.24. The molecular formula is C22H28ClN5O. The maximum absolute atomic E-state index is 13.2. The molecule has 1 atom stereocenters. The summed E-state index contributed by atoms with van der Waals surface area (Å²) in [5.74, 6) is 0.290. The Balaban J connectivity index is 1.73. The third-order valence-corrected chi connectivity index (χ3v) is 6.00. The lowest BCUT2D eigenvalue weighted by molar-refractivity contribution is 0.0575. The summed E-state index contributed by atoms with van der Waals surface area (Å²) >= 11 is 6.29. The van der Waals surface area contributed by atoms with Crippen molar-refractivity contribution in [2.75, 3.05) is 26.2 Å². The van der Waals surface area contributed by atoms with Gasteiger partial charge in [-0.3, -0.25) is 14.4 Å². The molecule has 154 valence electrons. The van der Waals surface area contributed by atoms with Gasteiger partial charge in [-0.1, -0.05) is 43.6 Å². The van der Waals surface area contributed by atoms with Crippen LogP contribution in [0.3, 0.4) is 0 Å². The minimum absolute atomic E-state index is 0.0168. The number of nitriles is 1. The Labute approximate surface area is 177 Å². The summed E-state index contributed by atoms with van der Waals surface area (Å²) in [5, 5.41) is 14.7. The highest BCUT2D eigenvalue weighted by Gasteiger charge is 2.30. The van der Waals surface area contributed by atoms with Crippen LogP contribution >= 0.6 is 11.6 Å². The van der Waals surface area contributed by atoms with Crippen LogP contribution in [-0.2, 0) is 6.54 Å². The van der Waals surface area contributed by atoms with Crippen LogP contribution in [0.1, 0.15) is 41.2 Å². The molecule has 0 N–H and O–H groups in total. The van der Waals surface area contributed by atoms with Crippen LogP contribution in [0.4, 0.5) is 0 Å². The summed E-state index contributed by atoms with van der Waals surface area (Å²) in [7, 11) is 0. The van der Waals surface area contributed by atoms with Crippen LogP contribution in [0.15, 0.2) is 24.3 Å². The molecule has 1 aliphatic heterocycles. The monoisotopic (exact) mass is 413 g/mol. The maximum Gasteiger partial charge on any atom is 0.257 e. The van der Waals surface area contributed by atoms with Crippen molar-refractivity contribution in [1.29, 1.82) is 5.26 Å². The highest BCUT2D eigenvalue weighted by Crippen LogP contribution is 2.22. The Morgan fingerprint density at radius 2 is 1.86 bits per heavy atom. The molecule has 2 aromatic rings. The van der Waals surface area contributed by atoms with Crippen LogP contribution in [0, 0.1) is 31.1 Å². The van der Waals surface area contributed by atoms with Gasteiger partial charge in [0.15, 0.2) is 0 Å². The van der Waals surface area contributed by atoms with E-state index in [2.05, 4.69) is 29.9 Å². The minimum atomic E-state index is -0.103. The quantitative estimate of drug-likeness (QED) is 0.752. The second-order valence-electron chi connectivity index (χ2n) is 7.94. The number of benzene rings is 1. The van der Waals surface area contributed by atoms with E-state index >= 15 is 0 Å². The zero-order valence-corrected chi connectivity index (χ0v) is 18.3. The van der Waals surface area contributed by atoms with Crippen molar-refractivity contribution in [2.24, 2.45) is 5.92 Å². The van der Waals surface area contributed by atoms with Gasteiger partial charge < -0.3 is 4.90 Å². The zero-order valence-electron chi connectivity index (χ0n) is 17.5. The Kier molecular flexibility index (Phi) is 6.61. The van der Waals surface area contributed by atoms with Gasteiger partial charge in [0.05, 0.1) is 23.9 Å². The molecule has 1 fully saturated rings. The zero-order chi connectivity index (χ0) is 21.1. The number of carbonyl (C=O) groups is 1. The van der Waals surface area contributed by atoms with Crippen molar-refractivity contribution in [3.63, 3.8) is 0 Å². The number of amides is 1. The number of hydrogen-bond acceptors (Lipinski definition) is 4. The van der Waals surface area contributed by atoms with E-state index in [-0.39, 0.29) is 17.9 Å². The van der Waals surface area contributed by atoms with Crippen molar-refractivity contribution in [3.8, 4) is 6.07 Å². The largest absolute Gasteiger partial charge is 0.336 e. The van der Waals surface area contributed by atoms with E-state index in [0.717, 1.165) is 17.0 Å². The van der Waals surface area contributed by atoms with E-state index in [1.807, 2.05) is 47.7 Å². The van der Waals surface area contributed by atoms with Crippen molar-refractivity contribution >= 4 is 17.5 Å². The fraction of sp³-hybridized carbons (Fsp3) is 0.500. The molecule has 0 aliphatic carbocycles. The van der Waals surface area contributed by atoms with E-state index < -0.39 is 0 Å². The van der Waals surface area contributed by atoms with E-state index in [0.29, 0.717) is 43.3 Å². The highest BCUT2D eigenvalue weighted by atomic mass is 35.5. The number of nitrogens with zero attached hydrogens (tertiary/aromatic N) is 5. The molecule has 1 aromatic carbocycles. The number of halogens is 1. The fourth-order valence-electron chi connectivity index (χ4n) is 3.96. The molecule has 6 nitrogen and oxygen atoms in total. The van der Waals surface area contributed by atoms with Crippen molar-refractivity contribution < 1.29 is 4.79 Å². The molecule has 1 amide bonds. The molecule has 3 rings (SSSR count). The fourth-order valence-corrected chi connectivity index (χ4v) is 4.16. The Morgan fingerprint density at radius 1 is 1.21 bits per heavy atom. The van der Waals surface area contributed by atoms with Gasteiger partial charge in [-0.15, -0.1) is 0 Å². The van der Waals surface area contributed by atoms with Crippen LogP contribution in [0.5, 0.6) is 0 Å². The van der Waals surface area contributed by atoms with E-state index in [1.165, 1.54) is 0 Å². The predicted octanol–water partition coefficient (Wildman–Crippen LogP) is 3.51. The van der Waals surface area contributed by atoms with Crippen LogP contribution in [-0.4, -0.2) is 57.7 Å². The second-order valence-corrected chi connectivity index (χ2v) is 8.35. The first-order valence-corrected chi connectivity index (χ1v) is 10.4. The van der Waals surface area contributed by atoms with Crippen molar-refractivity contribution in [3.05, 3.63) is 51.8 Å². The average molecular weight is 414 g/mol. The molecule has 1 aliphatic rings. The molecule has 29 heavy (non-hydrogen) atoms. The van der Waals surface area contributed by atoms with Gasteiger partial charge in [-0.2, -0.15) is 10.4 Å². The van der Waals surface area contributed by atoms with E-state index in [4.69, 9.17) is 11.6 Å². The normalized spacial score (nSPS) is 16.1. The predicted molar refractivity (Wildman–Crippen MR) is 114 cm³/mol. The molecule has 1 saturated heterocycles. The first-order chi connectivity index (χ1) is 13.8. The second kappa shape index (κ2) is 8.98. The molecule has 7 heteroatoms. The molecule has 0 saturated carbocycles. The summed E-state index contributed by atoms with van der Waals surface area (Å²) in [6.45, 7) is 11.1. The third kappa shape index (κ3) is 4.47. The topological polar surface area (TPSA) is 65.2 Å². The van der Waals surface area contributed by atoms with Crippen molar-refractivity contribution in [1.82, 2.24) is 19.6 Å². The molecule has 0 radical (unpaired) electrons. The van der Waals surface area contributed by atoms with E-state index in [1.54, 1.807) is 0 Å². The standard InChI is InChI=1S/C22H28ClN5O/c1-15(2)20(13-24)26-9-11-27(12-10-26)22(29)21-16(3)25-28(17(21)4)14-18-7-5-6-8-19(18)23/h5-8,15,20H,9-12,14H2,1-4H3. The van der Waals surface area contributed by atoms with Gasteiger partial charge in [-0.25, -0.2) is 0 Å².